The number of amides is 1. The van der Waals surface area contributed by atoms with Crippen LogP contribution in [0, 0.1) is 12.7 Å². The van der Waals surface area contributed by atoms with E-state index in [0.29, 0.717) is 11.4 Å². The van der Waals surface area contributed by atoms with Crippen molar-refractivity contribution in [2.75, 3.05) is 0 Å². The monoisotopic (exact) mass is 420 g/mol. The van der Waals surface area contributed by atoms with Crippen LogP contribution in [-0.2, 0) is 6.54 Å². The summed E-state index contributed by atoms with van der Waals surface area (Å²) < 4.78 is 52.2. The molecule has 0 aliphatic heterocycles. The fraction of sp³-hybridized carbons (Fsp3) is 0.200. The van der Waals surface area contributed by atoms with E-state index in [9.17, 15) is 27.5 Å². The predicted octanol–water partition coefficient (Wildman–Crippen LogP) is 3.51. The first-order chi connectivity index (χ1) is 14.1. The van der Waals surface area contributed by atoms with Crippen LogP contribution in [0.5, 0.6) is 0 Å². The highest BCUT2D eigenvalue weighted by molar-refractivity contribution is 5.95. The quantitative estimate of drug-likeness (QED) is 0.617. The zero-order valence-corrected chi connectivity index (χ0v) is 15.6. The highest BCUT2D eigenvalue weighted by Crippen LogP contribution is 2.34. The largest absolute Gasteiger partial charge is 0.418 e. The van der Waals surface area contributed by atoms with Crippen LogP contribution < -0.4 is 5.32 Å². The number of aliphatic hydroxyl groups is 1. The zero-order chi connectivity index (χ0) is 21.9. The van der Waals surface area contributed by atoms with E-state index >= 15 is 0 Å². The molecule has 3 aromatic rings. The summed E-state index contributed by atoms with van der Waals surface area (Å²) in [4.78, 5) is 24.5. The Bertz CT molecular complexity index is 1040. The number of nitrogens with zero attached hydrogens (tertiary/aromatic N) is 3. The molecule has 0 aliphatic rings. The van der Waals surface area contributed by atoms with Gasteiger partial charge in [-0.2, -0.15) is 13.2 Å². The van der Waals surface area contributed by atoms with Crippen LogP contribution in [0.4, 0.5) is 17.6 Å². The fourth-order valence-electron chi connectivity index (χ4n) is 2.61. The van der Waals surface area contributed by atoms with E-state index in [-0.39, 0.29) is 23.4 Å². The second-order valence-corrected chi connectivity index (χ2v) is 6.48. The third-order valence-electron chi connectivity index (χ3n) is 4.13. The van der Waals surface area contributed by atoms with Crippen molar-refractivity contribution in [3.63, 3.8) is 0 Å². The summed E-state index contributed by atoms with van der Waals surface area (Å²) in [6.45, 7) is 1.75. The van der Waals surface area contributed by atoms with Gasteiger partial charge in [-0.25, -0.2) is 4.39 Å². The van der Waals surface area contributed by atoms with Gasteiger partial charge >= 0.3 is 6.18 Å². The van der Waals surface area contributed by atoms with Crippen LogP contribution in [0.15, 0.2) is 48.9 Å². The molecule has 0 bridgehead atoms. The summed E-state index contributed by atoms with van der Waals surface area (Å²) >= 11 is 0. The van der Waals surface area contributed by atoms with Gasteiger partial charge in [0.15, 0.2) is 6.10 Å². The number of pyridine rings is 1. The number of alkyl halides is 3. The Morgan fingerprint density at radius 1 is 1.10 bits per heavy atom. The molecule has 30 heavy (non-hydrogen) atoms. The molecule has 156 valence electrons. The minimum Gasteiger partial charge on any atom is -0.379 e. The molecule has 0 aliphatic carbocycles. The molecule has 2 aromatic heterocycles. The summed E-state index contributed by atoms with van der Waals surface area (Å²) in [6.07, 6.45) is -3.85. The normalized spacial score (nSPS) is 12.5. The summed E-state index contributed by atoms with van der Waals surface area (Å²) in [5, 5.41) is 12.2. The van der Waals surface area contributed by atoms with E-state index < -0.39 is 29.6 Å². The number of carbonyl (C=O) groups excluding carboxylic acids is 1. The number of nitrogens with one attached hydrogen (secondary N) is 1. The van der Waals surface area contributed by atoms with Gasteiger partial charge in [0.05, 0.1) is 36.0 Å². The van der Waals surface area contributed by atoms with E-state index in [1.165, 1.54) is 24.5 Å². The molecular weight excluding hydrogens is 404 g/mol. The molecule has 10 heteroatoms. The summed E-state index contributed by atoms with van der Waals surface area (Å²) in [6, 6.07) is 5.66. The molecule has 0 fully saturated rings. The van der Waals surface area contributed by atoms with Gasteiger partial charge < -0.3 is 10.4 Å². The van der Waals surface area contributed by atoms with Crippen molar-refractivity contribution in [2.24, 2.45) is 0 Å². The maximum Gasteiger partial charge on any atom is 0.418 e. The lowest BCUT2D eigenvalue weighted by Crippen LogP contribution is -2.25. The lowest BCUT2D eigenvalue weighted by atomic mass is 9.99. The van der Waals surface area contributed by atoms with Crippen molar-refractivity contribution in [3.8, 4) is 11.3 Å². The molecule has 0 saturated heterocycles. The van der Waals surface area contributed by atoms with Crippen molar-refractivity contribution < 1.29 is 27.5 Å². The van der Waals surface area contributed by atoms with Gasteiger partial charge in [-0.1, -0.05) is 0 Å². The zero-order valence-electron chi connectivity index (χ0n) is 15.6. The number of carbonyl (C=O) groups is 1. The molecule has 6 nitrogen and oxygen atoms in total. The van der Waals surface area contributed by atoms with Gasteiger partial charge in [0.1, 0.15) is 5.82 Å². The van der Waals surface area contributed by atoms with E-state index in [4.69, 9.17) is 0 Å². The number of rotatable bonds is 5. The third-order valence-corrected chi connectivity index (χ3v) is 4.13. The SMILES string of the molecule is Cc1cnc(CNC(=O)c2cc(-c3ccc(F)cn3)cc(C(O)C(F)(F)F)c2)cn1. The standard InChI is InChI=1S/C20H16F4N4O2/c1-11-7-26-16(9-25-11)10-28-19(30)14-5-12(17-3-2-15(21)8-27-17)4-13(6-14)18(29)20(22,23)24/h2-9,18,29H,10H2,1H3,(H,28,30). The van der Waals surface area contributed by atoms with Gasteiger partial charge in [-0.15, -0.1) is 0 Å². The third kappa shape index (κ3) is 5.15. The number of hydrogen-bond acceptors (Lipinski definition) is 5. The van der Waals surface area contributed by atoms with Crippen LogP contribution in [0.3, 0.4) is 0 Å². The highest BCUT2D eigenvalue weighted by Gasteiger charge is 2.39. The van der Waals surface area contributed by atoms with Gasteiger partial charge in [0.2, 0.25) is 0 Å². The van der Waals surface area contributed by atoms with Crippen LogP contribution in [0.1, 0.15) is 33.4 Å². The fourth-order valence-corrected chi connectivity index (χ4v) is 2.61. The Morgan fingerprint density at radius 2 is 1.87 bits per heavy atom. The van der Waals surface area contributed by atoms with E-state index in [1.54, 1.807) is 6.92 Å². The van der Waals surface area contributed by atoms with Crippen molar-refractivity contribution >= 4 is 5.91 Å². The Morgan fingerprint density at radius 3 is 2.47 bits per heavy atom. The molecular formula is C20H16F4N4O2. The molecule has 1 amide bonds. The Balaban J connectivity index is 1.93. The Labute approximate surface area is 168 Å². The van der Waals surface area contributed by atoms with Crippen molar-refractivity contribution in [2.45, 2.75) is 25.7 Å². The molecule has 0 radical (unpaired) electrons. The summed E-state index contributed by atoms with van der Waals surface area (Å²) in [7, 11) is 0. The summed E-state index contributed by atoms with van der Waals surface area (Å²) in [5.41, 5.74) is 0.752. The highest BCUT2D eigenvalue weighted by atomic mass is 19.4. The molecule has 0 saturated carbocycles. The molecule has 0 spiro atoms. The average Bonchev–Trinajstić information content (AvgIpc) is 2.72. The van der Waals surface area contributed by atoms with Gasteiger partial charge in [0.25, 0.3) is 5.91 Å². The molecule has 1 atom stereocenters. The van der Waals surface area contributed by atoms with Gasteiger partial charge in [-0.3, -0.25) is 19.7 Å². The van der Waals surface area contributed by atoms with Crippen LogP contribution in [-0.4, -0.2) is 32.1 Å². The van der Waals surface area contributed by atoms with Crippen molar-refractivity contribution in [3.05, 3.63) is 77.3 Å². The summed E-state index contributed by atoms with van der Waals surface area (Å²) in [5.74, 6) is -1.31. The van der Waals surface area contributed by atoms with Gasteiger partial charge in [-0.05, 0) is 42.8 Å². The number of benzene rings is 1. The smallest absolute Gasteiger partial charge is 0.379 e. The van der Waals surface area contributed by atoms with Crippen molar-refractivity contribution in [1.82, 2.24) is 20.3 Å². The second-order valence-electron chi connectivity index (χ2n) is 6.48. The lowest BCUT2D eigenvalue weighted by Gasteiger charge is -2.17. The number of aliphatic hydroxyl groups excluding tert-OH is 1. The Hall–Kier alpha value is -3.40. The Kier molecular flexibility index (Phi) is 6.06. The first-order valence-corrected chi connectivity index (χ1v) is 8.71. The molecule has 2 heterocycles. The topological polar surface area (TPSA) is 88.0 Å². The predicted molar refractivity (Wildman–Crippen MR) is 98.6 cm³/mol. The minimum atomic E-state index is -4.93. The van der Waals surface area contributed by atoms with Crippen LogP contribution >= 0.6 is 0 Å². The number of hydrogen-bond donors (Lipinski definition) is 2. The van der Waals surface area contributed by atoms with Crippen LogP contribution in [0.2, 0.25) is 0 Å². The minimum absolute atomic E-state index is 0.00228. The molecule has 2 N–H and O–H groups in total. The first kappa shape index (κ1) is 21.3. The first-order valence-electron chi connectivity index (χ1n) is 8.71. The maximum absolute atomic E-state index is 13.1. The van der Waals surface area contributed by atoms with Gasteiger partial charge in [0, 0.05) is 17.3 Å². The van der Waals surface area contributed by atoms with Crippen LogP contribution in [0.25, 0.3) is 11.3 Å². The number of aryl methyl sites for hydroxylation is 1. The van der Waals surface area contributed by atoms with E-state index in [1.807, 2.05) is 0 Å². The average molecular weight is 420 g/mol. The maximum atomic E-state index is 13.1. The molecule has 3 rings (SSSR count). The molecule has 1 unspecified atom stereocenters. The number of halogens is 4. The van der Waals surface area contributed by atoms with E-state index in [2.05, 4.69) is 20.3 Å². The second kappa shape index (κ2) is 8.54. The van der Waals surface area contributed by atoms with E-state index in [0.717, 1.165) is 24.4 Å². The number of aromatic nitrogens is 3. The molecule has 1 aromatic carbocycles. The van der Waals surface area contributed by atoms with Crippen molar-refractivity contribution in [1.29, 1.82) is 0 Å². The lowest BCUT2D eigenvalue weighted by molar-refractivity contribution is -0.206.